The number of hydrogen-bond donors (Lipinski definition) is 2. The molecule has 3 heterocycles. The Kier molecular flexibility index (Phi) is 4.79. The van der Waals surface area contributed by atoms with E-state index in [0.29, 0.717) is 12.1 Å². The number of piperazine rings is 1. The molecule has 0 saturated carbocycles. The fourth-order valence-corrected chi connectivity index (χ4v) is 3.51. The SMILES string of the molecule is Cc1ccc(S(=O)(=O)O)cc1.c1ncc(N2C[C@@H]3C[C@H]2CN3)cn1. The molecule has 2 saturated heterocycles. The highest BCUT2D eigenvalue weighted by molar-refractivity contribution is 7.85. The van der Waals surface area contributed by atoms with Gasteiger partial charge in [-0.05, 0) is 25.5 Å². The van der Waals surface area contributed by atoms with Gasteiger partial charge in [-0.1, -0.05) is 17.7 Å². The Morgan fingerprint density at radius 1 is 1.21 bits per heavy atom. The fraction of sp³-hybridized carbons (Fsp3) is 0.375. The summed E-state index contributed by atoms with van der Waals surface area (Å²) in [5, 5.41) is 3.47. The number of nitrogens with zero attached hydrogens (tertiary/aromatic N) is 3. The molecule has 2 bridgehead atoms. The molecule has 128 valence electrons. The number of aryl methyl sites for hydroxylation is 1. The van der Waals surface area contributed by atoms with Crippen molar-refractivity contribution in [2.24, 2.45) is 0 Å². The summed E-state index contributed by atoms with van der Waals surface area (Å²) < 4.78 is 29.6. The first kappa shape index (κ1) is 16.8. The lowest BCUT2D eigenvalue weighted by molar-refractivity contribution is 0.483. The third-order valence-electron chi connectivity index (χ3n) is 4.25. The number of benzene rings is 1. The molecule has 1 aromatic carbocycles. The van der Waals surface area contributed by atoms with E-state index in [2.05, 4.69) is 20.2 Å². The van der Waals surface area contributed by atoms with Crippen LogP contribution in [0, 0.1) is 6.92 Å². The highest BCUT2D eigenvalue weighted by atomic mass is 32.2. The molecule has 24 heavy (non-hydrogen) atoms. The standard InChI is InChI=1S/C9H12N4.C7H8O3S/c1-7-5-13(8(1)4-12-7)9-2-10-6-11-3-9;1-6-2-4-7(5-3-6)11(8,9)10/h2-3,6-8,12H,1,4-5H2;2-5H,1H3,(H,8,9,10)/t7-,8-;/m0./s1. The van der Waals surface area contributed by atoms with Crippen LogP contribution in [0.5, 0.6) is 0 Å². The van der Waals surface area contributed by atoms with Gasteiger partial charge in [0.15, 0.2) is 0 Å². The number of anilines is 1. The van der Waals surface area contributed by atoms with Crippen molar-refractivity contribution in [2.75, 3.05) is 18.0 Å². The predicted molar refractivity (Wildman–Crippen MR) is 90.6 cm³/mol. The lowest BCUT2D eigenvalue weighted by atomic mass is 10.2. The molecule has 7 nitrogen and oxygen atoms in total. The molecule has 2 fully saturated rings. The van der Waals surface area contributed by atoms with Crippen LogP contribution >= 0.6 is 0 Å². The topological polar surface area (TPSA) is 95.4 Å². The minimum absolute atomic E-state index is 0.0666. The average Bonchev–Trinajstić information content (AvgIpc) is 3.19. The number of fused-ring (bicyclic) bond motifs is 2. The van der Waals surface area contributed by atoms with Crippen molar-refractivity contribution in [3.63, 3.8) is 0 Å². The van der Waals surface area contributed by atoms with Gasteiger partial charge in [0, 0.05) is 25.2 Å². The van der Waals surface area contributed by atoms with E-state index < -0.39 is 10.1 Å². The molecule has 2 aliphatic heterocycles. The van der Waals surface area contributed by atoms with E-state index in [4.69, 9.17) is 4.55 Å². The van der Waals surface area contributed by atoms with E-state index in [-0.39, 0.29) is 4.90 Å². The molecule has 0 amide bonds. The van der Waals surface area contributed by atoms with Gasteiger partial charge in [-0.15, -0.1) is 0 Å². The van der Waals surface area contributed by atoms with Crippen molar-refractivity contribution in [3.05, 3.63) is 48.5 Å². The van der Waals surface area contributed by atoms with Crippen molar-refractivity contribution < 1.29 is 13.0 Å². The molecule has 4 rings (SSSR count). The second-order valence-electron chi connectivity index (χ2n) is 6.03. The molecule has 8 heteroatoms. The van der Waals surface area contributed by atoms with Gasteiger partial charge in [0.05, 0.1) is 23.0 Å². The van der Waals surface area contributed by atoms with Crippen LogP contribution in [0.25, 0.3) is 0 Å². The Morgan fingerprint density at radius 2 is 1.88 bits per heavy atom. The molecule has 0 radical (unpaired) electrons. The summed E-state index contributed by atoms with van der Waals surface area (Å²) in [6, 6.07) is 7.34. The van der Waals surface area contributed by atoms with Gasteiger partial charge in [0.2, 0.25) is 0 Å². The van der Waals surface area contributed by atoms with Gasteiger partial charge in [-0.25, -0.2) is 9.97 Å². The van der Waals surface area contributed by atoms with E-state index in [1.807, 2.05) is 19.3 Å². The number of nitrogens with one attached hydrogen (secondary N) is 1. The van der Waals surface area contributed by atoms with E-state index in [1.165, 1.54) is 18.6 Å². The highest BCUT2D eigenvalue weighted by Gasteiger charge is 2.37. The van der Waals surface area contributed by atoms with Crippen molar-refractivity contribution in [2.45, 2.75) is 30.3 Å². The van der Waals surface area contributed by atoms with Gasteiger partial charge in [0.1, 0.15) is 6.33 Å². The van der Waals surface area contributed by atoms with Gasteiger partial charge in [-0.3, -0.25) is 4.55 Å². The minimum atomic E-state index is -4.02. The molecule has 0 spiro atoms. The van der Waals surface area contributed by atoms with Crippen molar-refractivity contribution in [1.82, 2.24) is 15.3 Å². The zero-order chi connectivity index (χ0) is 17.2. The van der Waals surface area contributed by atoms with Gasteiger partial charge in [-0.2, -0.15) is 8.42 Å². The predicted octanol–water partition coefficient (Wildman–Crippen LogP) is 1.27. The third-order valence-corrected chi connectivity index (χ3v) is 5.12. The molecular weight excluding hydrogens is 328 g/mol. The van der Waals surface area contributed by atoms with Crippen LogP contribution in [0.3, 0.4) is 0 Å². The Morgan fingerprint density at radius 3 is 2.38 bits per heavy atom. The Balaban J connectivity index is 0.000000144. The largest absolute Gasteiger partial charge is 0.363 e. The number of aromatic nitrogens is 2. The Hall–Kier alpha value is -2.03. The van der Waals surface area contributed by atoms with Crippen LogP contribution in [-0.4, -0.2) is 48.1 Å². The van der Waals surface area contributed by atoms with Crippen LogP contribution in [0.2, 0.25) is 0 Å². The smallest absolute Gasteiger partial charge is 0.294 e. The number of hydrogen-bond acceptors (Lipinski definition) is 6. The van der Waals surface area contributed by atoms with E-state index >= 15 is 0 Å². The molecule has 2 aliphatic rings. The Bertz CT molecular complexity index is 781. The second kappa shape index (κ2) is 6.84. The molecule has 2 atom stereocenters. The summed E-state index contributed by atoms with van der Waals surface area (Å²) in [6.07, 6.45) is 6.65. The van der Waals surface area contributed by atoms with Crippen LogP contribution < -0.4 is 10.2 Å². The maximum absolute atomic E-state index is 10.5. The third kappa shape index (κ3) is 3.89. The molecule has 1 aromatic heterocycles. The molecule has 2 N–H and O–H groups in total. The second-order valence-corrected chi connectivity index (χ2v) is 7.45. The van der Waals surface area contributed by atoms with Crippen LogP contribution in [-0.2, 0) is 10.1 Å². The molecule has 2 aromatic rings. The normalized spacial score (nSPS) is 22.2. The first-order chi connectivity index (χ1) is 11.4. The van der Waals surface area contributed by atoms with Gasteiger partial charge in [0.25, 0.3) is 10.1 Å². The van der Waals surface area contributed by atoms with Gasteiger partial charge >= 0.3 is 0 Å². The van der Waals surface area contributed by atoms with Crippen molar-refractivity contribution >= 4 is 15.8 Å². The Labute approximate surface area is 141 Å². The van der Waals surface area contributed by atoms with Crippen molar-refractivity contribution in [3.8, 4) is 0 Å². The lowest BCUT2D eigenvalue weighted by Crippen LogP contribution is -2.43. The number of rotatable bonds is 2. The molecular formula is C16H20N4O3S. The monoisotopic (exact) mass is 348 g/mol. The van der Waals surface area contributed by atoms with Crippen LogP contribution in [0.1, 0.15) is 12.0 Å². The van der Waals surface area contributed by atoms with E-state index in [0.717, 1.165) is 24.3 Å². The zero-order valence-corrected chi connectivity index (χ0v) is 14.1. The minimum Gasteiger partial charge on any atom is -0.363 e. The van der Waals surface area contributed by atoms with E-state index in [9.17, 15) is 8.42 Å². The molecule has 0 unspecified atom stereocenters. The maximum Gasteiger partial charge on any atom is 0.294 e. The van der Waals surface area contributed by atoms with Gasteiger partial charge < -0.3 is 10.2 Å². The average molecular weight is 348 g/mol. The lowest BCUT2D eigenvalue weighted by Gasteiger charge is -2.28. The summed E-state index contributed by atoms with van der Waals surface area (Å²) in [6.45, 7) is 4.06. The highest BCUT2D eigenvalue weighted by Crippen LogP contribution is 2.27. The van der Waals surface area contributed by atoms with Crippen molar-refractivity contribution in [1.29, 1.82) is 0 Å². The first-order valence-electron chi connectivity index (χ1n) is 7.72. The van der Waals surface area contributed by atoms with Crippen LogP contribution in [0.15, 0.2) is 47.9 Å². The maximum atomic E-state index is 10.5. The summed E-state index contributed by atoms with van der Waals surface area (Å²) >= 11 is 0. The summed E-state index contributed by atoms with van der Waals surface area (Å²) in [7, 11) is -4.02. The zero-order valence-electron chi connectivity index (χ0n) is 13.3. The summed E-state index contributed by atoms with van der Waals surface area (Å²) in [5.74, 6) is 0. The van der Waals surface area contributed by atoms with E-state index in [1.54, 1.807) is 18.5 Å². The summed E-state index contributed by atoms with van der Waals surface area (Å²) in [4.78, 5) is 10.4. The summed E-state index contributed by atoms with van der Waals surface area (Å²) in [5.41, 5.74) is 2.12. The van der Waals surface area contributed by atoms with Crippen LogP contribution in [0.4, 0.5) is 5.69 Å². The quantitative estimate of drug-likeness (QED) is 0.789. The molecule has 0 aliphatic carbocycles. The first-order valence-corrected chi connectivity index (χ1v) is 9.16. The fourth-order valence-electron chi connectivity index (χ4n) is 3.03.